The van der Waals surface area contributed by atoms with E-state index in [1.54, 1.807) is 0 Å². The maximum atomic E-state index is 11.2. The van der Waals surface area contributed by atoms with Gasteiger partial charge in [0, 0.05) is 23.5 Å². The second-order valence-corrected chi connectivity index (χ2v) is 8.35. The van der Waals surface area contributed by atoms with E-state index in [9.17, 15) is 5.11 Å². The molecule has 3 nitrogen and oxygen atoms in total. The predicted molar refractivity (Wildman–Crippen MR) is 97.0 cm³/mol. The molecular formula is C21H28N2O. The van der Waals surface area contributed by atoms with E-state index in [4.69, 9.17) is 0 Å². The zero-order chi connectivity index (χ0) is 16.5. The maximum Gasteiger partial charge on any atom is 0.133 e. The Morgan fingerprint density at radius 1 is 1.25 bits per heavy atom. The van der Waals surface area contributed by atoms with Crippen LogP contribution < -0.4 is 0 Å². The Labute approximate surface area is 144 Å². The van der Waals surface area contributed by atoms with E-state index in [0.717, 1.165) is 12.8 Å². The van der Waals surface area contributed by atoms with E-state index < -0.39 is 6.23 Å². The van der Waals surface area contributed by atoms with E-state index in [1.165, 1.54) is 54.5 Å². The minimum absolute atomic E-state index is 0.301. The van der Waals surface area contributed by atoms with Gasteiger partial charge in [0.2, 0.25) is 0 Å². The molecule has 0 radical (unpaired) electrons. The zero-order valence-electron chi connectivity index (χ0n) is 14.8. The second-order valence-electron chi connectivity index (χ2n) is 8.35. The van der Waals surface area contributed by atoms with Gasteiger partial charge in [0.1, 0.15) is 6.23 Å². The van der Waals surface area contributed by atoms with Crippen molar-refractivity contribution < 1.29 is 5.11 Å². The van der Waals surface area contributed by atoms with Gasteiger partial charge in [-0.25, -0.2) is 0 Å². The van der Waals surface area contributed by atoms with Crippen molar-refractivity contribution in [3.05, 3.63) is 35.5 Å². The van der Waals surface area contributed by atoms with Crippen molar-refractivity contribution in [1.82, 2.24) is 9.47 Å². The van der Waals surface area contributed by atoms with Gasteiger partial charge in [-0.05, 0) is 55.7 Å². The molecule has 4 heterocycles. The highest BCUT2D eigenvalue weighted by atomic mass is 16.3. The number of benzene rings is 1. The average molecular weight is 324 g/mol. The summed E-state index contributed by atoms with van der Waals surface area (Å²) in [6.45, 7) is 7.02. The maximum absolute atomic E-state index is 11.2. The molecule has 4 atom stereocenters. The quantitative estimate of drug-likeness (QED) is 0.849. The van der Waals surface area contributed by atoms with E-state index in [1.807, 2.05) is 0 Å². The number of aliphatic hydroxyl groups excluding tert-OH is 1. The molecule has 3 aliphatic heterocycles. The molecule has 3 heteroatoms. The summed E-state index contributed by atoms with van der Waals surface area (Å²) in [4.78, 5) is 2.73. The Kier molecular flexibility index (Phi) is 3.18. The van der Waals surface area contributed by atoms with E-state index in [-0.39, 0.29) is 0 Å². The molecule has 24 heavy (non-hydrogen) atoms. The fourth-order valence-electron chi connectivity index (χ4n) is 6.17. The predicted octanol–water partition coefficient (Wildman–Crippen LogP) is 4.26. The van der Waals surface area contributed by atoms with Crippen LogP contribution in [-0.2, 0) is 6.42 Å². The highest BCUT2D eigenvalue weighted by Gasteiger charge is 2.51. The van der Waals surface area contributed by atoms with Crippen molar-refractivity contribution >= 4 is 10.9 Å². The second kappa shape index (κ2) is 5.09. The van der Waals surface area contributed by atoms with Crippen LogP contribution in [0.4, 0.5) is 0 Å². The Morgan fingerprint density at radius 3 is 2.92 bits per heavy atom. The molecule has 0 amide bonds. The Balaban J connectivity index is 1.87. The van der Waals surface area contributed by atoms with Gasteiger partial charge < -0.3 is 9.67 Å². The number of fused-ring (bicyclic) bond motifs is 3. The van der Waals surface area contributed by atoms with Crippen molar-refractivity contribution in [3.8, 4) is 0 Å². The molecule has 1 saturated heterocycles. The fourth-order valence-corrected chi connectivity index (χ4v) is 6.17. The van der Waals surface area contributed by atoms with E-state index in [2.05, 4.69) is 47.6 Å². The number of aliphatic hydroxyl groups is 1. The van der Waals surface area contributed by atoms with Crippen molar-refractivity contribution in [2.24, 2.45) is 11.3 Å². The van der Waals surface area contributed by atoms with Gasteiger partial charge in [-0.15, -0.1) is 0 Å². The number of para-hydroxylation sites is 1. The van der Waals surface area contributed by atoms with Gasteiger partial charge in [-0.3, -0.25) is 4.90 Å². The number of hydrogen-bond acceptors (Lipinski definition) is 2. The van der Waals surface area contributed by atoms with Crippen LogP contribution in [-0.4, -0.2) is 27.7 Å². The van der Waals surface area contributed by atoms with Crippen molar-refractivity contribution in [2.45, 2.75) is 58.2 Å². The molecule has 3 aliphatic rings. The van der Waals surface area contributed by atoms with Gasteiger partial charge >= 0.3 is 0 Å². The van der Waals surface area contributed by atoms with Gasteiger partial charge in [0.05, 0.1) is 11.6 Å². The third-order valence-corrected chi connectivity index (χ3v) is 7.24. The van der Waals surface area contributed by atoms with Crippen LogP contribution in [0.15, 0.2) is 24.3 Å². The van der Waals surface area contributed by atoms with Crippen molar-refractivity contribution in [1.29, 1.82) is 0 Å². The summed E-state index contributed by atoms with van der Waals surface area (Å²) in [7, 11) is 0. The van der Waals surface area contributed by atoms with Crippen molar-refractivity contribution in [2.75, 3.05) is 13.1 Å². The number of piperidine rings is 1. The lowest BCUT2D eigenvalue weighted by Gasteiger charge is -2.52. The van der Waals surface area contributed by atoms with Gasteiger partial charge in [-0.1, -0.05) is 32.0 Å². The van der Waals surface area contributed by atoms with Crippen LogP contribution in [0.25, 0.3) is 10.9 Å². The molecule has 0 unspecified atom stereocenters. The zero-order valence-corrected chi connectivity index (χ0v) is 14.8. The van der Waals surface area contributed by atoms with Crippen LogP contribution >= 0.6 is 0 Å². The normalized spacial score (nSPS) is 35.7. The first-order valence-corrected chi connectivity index (χ1v) is 9.70. The summed E-state index contributed by atoms with van der Waals surface area (Å²) in [6, 6.07) is 9.22. The lowest BCUT2D eigenvalue weighted by atomic mass is 9.64. The molecule has 1 N–H and O–H groups in total. The van der Waals surface area contributed by atoms with Crippen LogP contribution in [0, 0.1) is 11.3 Å². The molecule has 0 bridgehead atoms. The Morgan fingerprint density at radius 2 is 2.08 bits per heavy atom. The monoisotopic (exact) mass is 324 g/mol. The number of aromatic nitrogens is 1. The molecule has 128 valence electrons. The summed E-state index contributed by atoms with van der Waals surface area (Å²) >= 11 is 0. The third kappa shape index (κ3) is 1.75. The van der Waals surface area contributed by atoms with Gasteiger partial charge in [0.25, 0.3) is 0 Å². The molecule has 0 saturated carbocycles. The molecule has 1 aromatic carbocycles. The molecule has 2 aromatic rings. The number of hydrogen-bond donors (Lipinski definition) is 1. The van der Waals surface area contributed by atoms with Gasteiger partial charge in [0.15, 0.2) is 0 Å². The molecular weight excluding hydrogens is 296 g/mol. The first-order valence-electron chi connectivity index (χ1n) is 9.70. The van der Waals surface area contributed by atoms with E-state index >= 15 is 0 Å². The average Bonchev–Trinajstić information content (AvgIpc) is 2.90. The fraction of sp³-hybridized carbons (Fsp3) is 0.619. The summed E-state index contributed by atoms with van der Waals surface area (Å²) in [6.07, 6.45) is 5.70. The molecule has 1 aromatic heterocycles. The van der Waals surface area contributed by atoms with Crippen LogP contribution in [0.3, 0.4) is 0 Å². The first kappa shape index (κ1) is 15.0. The largest absolute Gasteiger partial charge is 0.373 e. The molecule has 5 rings (SSSR count). The Hall–Kier alpha value is -1.32. The minimum Gasteiger partial charge on any atom is -0.373 e. The summed E-state index contributed by atoms with van der Waals surface area (Å²) < 4.78 is 2.31. The number of nitrogens with zero attached hydrogens (tertiary/aromatic N) is 2. The highest BCUT2D eigenvalue weighted by Crippen LogP contribution is 2.58. The van der Waals surface area contributed by atoms with Crippen LogP contribution in [0.1, 0.15) is 63.1 Å². The first-order chi connectivity index (χ1) is 11.7. The van der Waals surface area contributed by atoms with Gasteiger partial charge in [-0.2, -0.15) is 0 Å². The molecule has 0 spiro atoms. The summed E-state index contributed by atoms with van der Waals surface area (Å²) in [5.41, 5.74) is 4.53. The standard InChI is InChI=1S/C21H28N2O/c1-3-21-10-6-11-22-12-9-16-15-7-4-5-8-17(15)23(18(16)19(21)22)20(24)14(2)13-21/h4-5,7-8,14,19-20,24H,3,6,9-13H2,1-2H3/t14-,19-,20+,21+/m1/s1. The lowest BCUT2D eigenvalue weighted by Crippen LogP contribution is -2.49. The minimum atomic E-state index is -0.396. The molecule has 0 aliphatic carbocycles. The smallest absolute Gasteiger partial charge is 0.133 e. The summed E-state index contributed by atoms with van der Waals surface area (Å²) in [5, 5.41) is 12.6. The SMILES string of the molecule is CC[C@]12CCCN3CCc4c(n(c5ccccc45)[C@@H](O)[C@H](C)C1)[C@@H]32. The Bertz CT molecular complexity index is 794. The third-order valence-electron chi connectivity index (χ3n) is 7.24. The summed E-state index contributed by atoms with van der Waals surface area (Å²) in [5.74, 6) is 0.301. The highest BCUT2D eigenvalue weighted by molar-refractivity contribution is 5.86. The topological polar surface area (TPSA) is 28.4 Å². The van der Waals surface area contributed by atoms with Crippen molar-refractivity contribution in [3.63, 3.8) is 0 Å². The lowest BCUT2D eigenvalue weighted by molar-refractivity contribution is -0.0202. The number of rotatable bonds is 1. The van der Waals surface area contributed by atoms with E-state index in [0.29, 0.717) is 17.4 Å². The molecule has 1 fully saturated rings. The van der Waals surface area contributed by atoms with Crippen LogP contribution in [0.5, 0.6) is 0 Å². The van der Waals surface area contributed by atoms with Crippen LogP contribution in [0.2, 0.25) is 0 Å².